The van der Waals surface area contributed by atoms with Crippen molar-refractivity contribution in [3.05, 3.63) is 133 Å². The van der Waals surface area contributed by atoms with Crippen LogP contribution in [0.1, 0.15) is 0 Å². The molecule has 6 N–H and O–H groups in total. The van der Waals surface area contributed by atoms with E-state index < -0.39 is 34.5 Å². The van der Waals surface area contributed by atoms with Crippen LogP contribution >= 0.6 is 0 Å². The number of benzene rings is 8. The molecule has 10 aromatic rings. The second-order valence-electron chi connectivity index (χ2n) is 13.8. The predicted molar refractivity (Wildman–Crippen MR) is 222 cm³/mol. The maximum absolute atomic E-state index is 11.8. The van der Waals surface area contributed by atoms with Crippen LogP contribution in [0.3, 0.4) is 0 Å². The summed E-state index contributed by atoms with van der Waals surface area (Å²) in [5.74, 6) is -4.49. The molecule has 0 radical (unpaired) electrons. The first kappa shape index (κ1) is 32.9. The molecule has 270 valence electrons. The Hall–Kier alpha value is -7.72. The van der Waals surface area contributed by atoms with Gasteiger partial charge < -0.3 is 44.4 Å². The Morgan fingerprint density at radius 3 is 1.71 bits per heavy atom. The van der Waals surface area contributed by atoms with E-state index in [2.05, 4.69) is 18.2 Å². The molecule has 56 heavy (non-hydrogen) atoms. The highest BCUT2D eigenvalue weighted by atomic mass is 16.4. The van der Waals surface area contributed by atoms with Gasteiger partial charge >= 0.3 is 0 Å². The number of para-hydroxylation sites is 2. The van der Waals surface area contributed by atoms with E-state index in [1.165, 1.54) is 7.85 Å². The topological polar surface area (TPSA) is 151 Å². The van der Waals surface area contributed by atoms with Gasteiger partial charge in [0.15, 0.2) is 22.8 Å². The zero-order valence-electron chi connectivity index (χ0n) is 29.6. The smallest absolute Gasteiger partial charge is 0.206 e. The second kappa shape index (κ2) is 12.2. The van der Waals surface area contributed by atoms with E-state index in [1.54, 1.807) is 4.90 Å². The molecule has 0 saturated carbocycles. The van der Waals surface area contributed by atoms with Crippen molar-refractivity contribution in [1.29, 1.82) is 0 Å². The van der Waals surface area contributed by atoms with Gasteiger partial charge in [0.1, 0.15) is 30.3 Å². The average Bonchev–Trinajstić information content (AvgIpc) is 3.83. The minimum Gasteiger partial charge on any atom is -0.504 e. The van der Waals surface area contributed by atoms with Crippen LogP contribution in [0.15, 0.2) is 142 Å². The molecular weight excluding hydrogens is 705 g/mol. The number of phenolic OH excluding ortho intramolecular Hbond substituents is 6. The minimum absolute atomic E-state index is 0.0158. The Kier molecular flexibility index (Phi) is 7.14. The first-order valence-electron chi connectivity index (χ1n) is 17.9. The maximum atomic E-state index is 11.8. The van der Waals surface area contributed by atoms with Gasteiger partial charge in [0, 0.05) is 27.7 Å². The quantitative estimate of drug-likeness (QED) is 0.0750. The summed E-state index contributed by atoms with van der Waals surface area (Å²) in [5.41, 5.74) is 5.95. The third-order valence-corrected chi connectivity index (χ3v) is 10.7. The number of furan rings is 2. The molecule has 0 spiro atoms. The fourth-order valence-corrected chi connectivity index (χ4v) is 7.94. The van der Waals surface area contributed by atoms with E-state index in [0.717, 1.165) is 55.0 Å². The van der Waals surface area contributed by atoms with Gasteiger partial charge in [-0.1, -0.05) is 103 Å². The fourth-order valence-electron chi connectivity index (χ4n) is 7.94. The van der Waals surface area contributed by atoms with E-state index in [-0.39, 0.29) is 33.1 Å². The minimum atomic E-state index is -0.859. The third-order valence-electron chi connectivity index (χ3n) is 10.7. The lowest BCUT2D eigenvalue weighted by Gasteiger charge is -2.28. The van der Waals surface area contributed by atoms with Crippen molar-refractivity contribution in [1.82, 2.24) is 0 Å². The number of fused-ring (bicyclic) bond motifs is 7. The average molecular weight is 736 g/mol. The molecule has 0 aliphatic heterocycles. The van der Waals surface area contributed by atoms with Gasteiger partial charge in [-0.3, -0.25) is 0 Å². The summed E-state index contributed by atoms with van der Waals surface area (Å²) in [4.78, 5) is 1.67. The van der Waals surface area contributed by atoms with Crippen LogP contribution in [0.2, 0.25) is 0 Å². The summed E-state index contributed by atoms with van der Waals surface area (Å²) >= 11 is 0. The molecule has 0 aliphatic carbocycles. The number of rotatable bonds is 5. The van der Waals surface area contributed by atoms with Gasteiger partial charge in [0.25, 0.3) is 0 Å². The molecule has 8 aromatic carbocycles. The Bertz CT molecular complexity index is 3220. The van der Waals surface area contributed by atoms with Crippen LogP contribution in [0.25, 0.3) is 76.9 Å². The van der Waals surface area contributed by atoms with Crippen molar-refractivity contribution in [3.8, 4) is 56.8 Å². The summed E-state index contributed by atoms with van der Waals surface area (Å²) < 4.78 is 12.3. The van der Waals surface area contributed by atoms with Crippen LogP contribution < -0.4 is 10.4 Å². The zero-order chi connectivity index (χ0) is 38.4. The molecule has 2 heterocycles. The van der Waals surface area contributed by atoms with E-state index >= 15 is 0 Å². The lowest BCUT2D eigenvalue weighted by molar-refractivity contribution is 0.368. The summed E-state index contributed by atoms with van der Waals surface area (Å²) in [6.45, 7) is 0. The monoisotopic (exact) mass is 735 g/mol. The Morgan fingerprint density at radius 2 is 0.982 bits per heavy atom. The Labute approximate surface area is 318 Å². The molecule has 10 heteroatoms. The van der Waals surface area contributed by atoms with Crippen LogP contribution in [0.4, 0.5) is 17.1 Å². The molecule has 0 atom stereocenters. The molecular formula is C46H30BNO8. The number of aromatic hydroxyl groups is 6. The van der Waals surface area contributed by atoms with Gasteiger partial charge in [0.2, 0.25) is 17.2 Å². The van der Waals surface area contributed by atoms with Gasteiger partial charge in [-0.05, 0) is 63.3 Å². The number of hydrogen-bond donors (Lipinski definition) is 6. The second-order valence-corrected chi connectivity index (χ2v) is 13.8. The highest BCUT2D eigenvalue weighted by Crippen LogP contribution is 2.58. The summed E-state index contributed by atoms with van der Waals surface area (Å²) in [5, 5.41) is 70.8. The summed E-state index contributed by atoms with van der Waals surface area (Å²) in [6, 6.07) is 43.3. The van der Waals surface area contributed by atoms with Crippen LogP contribution in [0.5, 0.6) is 34.5 Å². The normalized spacial score (nSPS) is 11.7. The Morgan fingerprint density at radius 1 is 0.411 bits per heavy atom. The lowest BCUT2D eigenvalue weighted by Crippen LogP contribution is -2.11. The largest absolute Gasteiger partial charge is 0.504 e. The SMILES string of the molecule is Bc1c(O)c(O)c(O)c2c1oc1c(O)c(O)c(O)c(N(c3ccc(-c4cccc5ccccc45)cc3)c3ccc(-c4cccc5c4oc4ccccc45)cc3)c12. The molecule has 0 bridgehead atoms. The van der Waals surface area contributed by atoms with Gasteiger partial charge in [-0.2, -0.15) is 0 Å². The number of anilines is 3. The Balaban J connectivity index is 1.21. The van der Waals surface area contributed by atoms with E-state index in [9.17, 15) is 30.6 Å². The first-order chi connectivity index (χ1) is 27.2. The number of hydrogen-bond acceptors (Lipinski definition) is 9. The maximum Gasteiger partial charge on any atom is 0.206 e. The highest BCUT2D eigenvalue weighted by Gasteiger charge is 2.32. The summed E-state index contributed by atoms with van der Waals surface area (Å²) in [7, 11) is 1.47. The fraction of sp³-hybridized carbons (Fsp3) is 0. The summed E-state index contributed by atoms with van der Waals surface area (Å²) in [6.07, 6.45) is 0. The lowest BCUT2D eigenvalue weighted by atomic mass is 9.91. The number of phenols is 6. The van der Waals surface area contributed by atoms with Crippen LogP contribution in [0, 0.1) is 0 Å². The van der Waals surface area contributed by atoms with Crippen molar-refractivity contribution in [2.75, 3.05) is 4.90 Å². The van der Waals surface area contributed by atoms with E-state index in [1.807, 2.05) is 115 Å². The first-order valence-corrected chi connectivity index (χ1v) is 17.9. The van der Waals surface area contributed by atoms with Gasteiger partial charge in [0.05, 0.1) is 10.8 Å². The van der Waals surface area contributed by atoms with Crippen molar-refractivity contribution in [2.45, 2.75) is 0 Å². The van der Waals surface area contributed by atoms with E-state index in [0.29, 0.717) is 11.4 Å². The highest BCUT2D eigenvalue weighted by molar-refractivity contribution is 6.42. The van der Waals surface area contributed by atoms with Crippen LogP contribution in [-0.2, 0) is 0 Å². The van der Waals surface area contributed by atoms with E-state index in [4.69, 9.17) is 8.83 Å². The zero-order valence-corrected chi connectivity index (χ0v) is 29.6. The third kappa shape index (κ3) is 4.69. The van der Waals surface area contributed by atoms with Gasteiger partial charge in [-0.25, -0.2) is 0 Å². The molecule has 0 amide bonds. The molecule has 0 unspecified atom stereocenters. The molecule has 0 fully saturated rings. The molecule has 0 saturated heterocycles. The van der Waals surface area contributed by atoms with Crippen molar-refractivity contribution < 1.29 is 39.5 Å². The van der Waals surface area contributed by atoms with Crippen molar-refractivity contribution in [3.63, 3.8) is 0 Å². The molecule has 0 aliphatic rings. The van der Waals surface area contributed by atoms with Crippen molar-refractivity contribution >= 4 is 85.0 Å². The molecule has 2 aromatic heterocycles. The van der Waals surface area contributed by atoms with Crippen molar-refractivity contribution in [2.24, 2.45) is 0 Å². The standard InChI is InChI=1S/C46H30BNO8/c47-36-39(50)41(52)38(49)35-34-37(40(51)42(53)43(54)46(34)56-45(35)36)48(26-19-15-24(16-20-26)29-11-5-8-23-7-1-2-9-28(23)29)27-21-17-25(18-22-27)30-12-6-13-32-31-10-3-4-14-33(31)55-44(30)32/h1-22,49-54H,47H2. The van der Waals surface area contributed by atoms with Gasteiger partial charge in [-0.15, -0.1) is 0 Å². The number of nitrogens with zero attached hydrogens (tertiary/aromatic N) is 1. The predicted octanol–water partition coefficient (Wildman–Crippen LogP) is 9.93. The molecule has 9 nitrogen and oxygen atoms in total. The molecule has 10 rings (SSSR count). The van der Waals surface area contributed by atoms with Crippen LogP contribution in [-0.4, -0.2) is 38.5 Å².